The molecule has 1 saturated heterocycles. The average molecular weight is 655 g/mol. The molecule has 1 atom stereocenters. The van der Waals surface area contributed by atoms with Gasteiger partial charge in [-0.15, -0.1) is 19.7 Å². The second-order valence-electron chi connectivity index (χ2n) is 9.94. The molecule has 242 valence electrons. The summed E-state index contributed by atoms with van der Waals surface area (Å²) < 4.78 is 93.8. The van der Waals surface area contributed by atoms with Crippen LogP contribution in [-0.2, 0) is 27.3 Å². The lowest BCUT2D eigenvalue weighted by Crippen LogP contribution is -2.58. The molecule has 10 nitrogen and oxygen atoms in total. The monoisotopic (exact) mass is 654 g/mol. The molecule has 0 unspecified atom stereocenters. The molecule has 0 saturated carbocycles. The Kier molecular flexibility index (Phi) is 9.99. The molecule has 0 bridgehead atoms. The molecule has 1 aliphatic heterocycles. The number of para-hydroxylation sites is 2. The first kappa shape index (κ1) is 33.6. The average Bonchev–Trinajstić information content (AvgIpc) is 3.45. The molecule has 16 heteroatoms. The number of fused-ring (bicyclic) bond motifs is 1. The smallest absolute Gasteiger partial charge is 0.573 e. The number of alkyl halides is 5. The van der Waals surface area contributed by atoms with E-state index in [2.05, 4.69) is 14.7 Å². The van der Waals surface area contributed by atoms with Gasteiger partial charge >= 0.3 is 12.3 Å². The molecule has 4 aromatic rings. The number of piperazine rings is 1. The van der Waals surface area contributed by atoms with Crippen LogP contribution >= 0.6 is 0 Å². The summed E-state index contributed by atoms with van der Waals surface area (Å²) in [6.07, 6.45) is -5.10. The van der Waals surface area contributed by atoms with E-state index in [9.17, 15) is 40.3 Å². The summed E-state index contributed by atoms with van der Waals surface area (Å²) in [5.74, 6) is -4.25. The number of rotatable bonds is 8. The number of aromatic amines is 1. The number of halogens is 5. The largest absolute Gasteiger partial charge is 0.674 e. The molecule has 1 fully saturated rings. The number of anilines is 1. The highest BCUT2D eigenvalue weighted by molar-refractivity contribution is 7.89. The van der Waals surface area contributed by atoms with Crippen molar-refractivity contribution in [1.82, 2.24) is 14.3 Å². The van der Waals surface area contributed by atoms with Crippen LogP contribution in [0.5, 0.6) is 5.75 Å². The van der Waals surface area contributed by atoms with E-state index in [0.717, 1.165) is 39.7 Å². The summed E-state index contributed by atoms with van der Waals surface area (Å²) in [4.78, 5) is 20.7. The Balaban J connectivity index is 0.000000297. The summed E-state index contributed by atoms with van der Waals surface area (Å²) in [7, 11) is -4.29. The predicted octanol–water partition coefficient (Wildman–Crippen LogP) is 6.17. The fourth-order valence-electron chi connectivity index (χ4n) is 4.56. The van der Waals surface area contributed by atoms with Crippen molar-refractivity contribution in [3.05, 3.63) is 89.7 Å². The van der Waals surface area contributed by atoms with Crippen LogP contribution < -0.4 is 9.64 Å². The molecule has 3 aromatic carbocycles. The molecular formula is C29H29F5N5O5S-. The zero-order valence-electron chi connectivity index (χ0n) is 23.8. The Bertz CT molecular complexity index is 1680. The Morgan fingerprint density at radius 1 is 1.02 bits per heavy atom. The van der Waals surface area contributed by atoms with Gasteiger partial charge in [-0.05, 0) is 36.4 Å². The highest BCUT2D eigenvalue weighted by Crippen LogP contribution is 2.31. The van der Waals surface area contributed by atoms with Crippen molar-refractivity contribution in [2.24, 2.45) is 0 Å². The molecule has 0 radical (unpaired) electrons. The Morgan fingerprint density at radius 2 is 1.67 bits per heavy atom. The quantitative estimate of drug-likeness (QED) is 0.217. The number of H-pyrrole nitrogens is 1. The zero-order valence-corrected chi connectivity index (χ0v) is 24.6. The number of hydrogen-bond donors (Lipinski definition) is 2. The van der Waals surface area contributed by atoms with Crippen molar-refractivity contribution in [2.75, 3.05) is 24.5 Å². The van der Waals surface area contributed by atoms with E-state index < -0.39 is 40.1 Å². The van der Waals surface area contributed by atoms with Gasteiger partial charge in [0.05, 0.1) is 15.9 Å². The van der Waals surface area contributed by atoms with Crippen LogP contribution in [0.2, 0.25) is 0 Å². The van der Waals surface area contributed by atoms with Crippen molar-refractivity contribution in [3.8, 4) is 5.75 Å². The Hall–Kier alpha value is -4.28. The number of carbonyl (C=O) groups is 1. The van der Waals surface area contributed by atoms with Crippen molar-refractivity contribution in [2.45, 2.75) is 43.1 Å². The second-order valence-corrected chi connectivity index (χ2v) is 11.8. The first-order valence-corrected chi connectivity index (χ1v) is 15.0. The third-order valence-corrected chi connectivity index (χ3v) is 8.90. The van der Waals surface area contributed by atoms with Gasteiger partial charge in [0.2, 0.25) is 16.0 Å². The summed E-state index contributed by atoms with van der Waals surface area (Å²) in [6.45, 7) is 1.44. The van der Waals surface area contributed by atoms with Crippen LogP contribution in [0.4, 0.5) is 27.9 Å². The standard InChI is InChI=1S/C19H17F3N4O5S.C10H12F2N/c20-19(21,22)31-12-5-7-13(8-6-12)32(29,30)26-10-9-25(11-16(26)17(27)28)18-23-14-3-1-2-4-15(14)24-18;1-2-10(11,12)9-5-3-8(7-13)4-6-9/h1-8,16H,9-11H2,(H,23,24)(H,27,28);3-6,13H,2,7H2,1H3/q;-1/t16-;/m1./s1. The molecule has 5 rings (SSSR count). The minimum absolute atomic E-state index is 0.0344. The lowest BCUT2D eigenvalue weighted by molar-refractivity contribution is -0.274. The summed E-state index contributed by atoms with van der Waals surface area (Å²) in [6, 6.07) is 15.4. The van der Waals surface area contributed by atoms with Gasteiger partial charge in [0, 0.05) is 31.6 Å². The van der Waals surface area contributed by atoms with Gasteiger partial charge < -0.3 is 25.5 Å². The third-order valence-electron chi connectivity index (χ3n) is 6.98. The topological polar surface area (TPSA) is 140 Å². The van der Waals surface area contributed by atoms with Crippen molar-refractivity contribution in [1.29, 1.82) is 0 Å². The number of aliphatic carboxylic acids is 1. The number of imidazole rings is 1. The molecule has 1 aromatic heterocycles. The van der Waals surface area contributed by atoms with E-state index in [1.807, 2.05) is 18.2 Å². The molecule has 0 aliphatic carbocycles. The molecular weight excluding hydrogens is 625 g/mol. The first-order chi connectivity index (χ1) is 21.1. The molecule has 0 spiro atoms. The maximum atomic E-state index is 13.1. The number of ether oxygens (including phenoxy) is 1. The van der Waals surface area contributed by atoms with Gasteiger partial charge in [0.25, 0.3) is 5.92 Å². The SMILES string of the molecule is CCC(F)(F)c1ccc(C[NH-])cc1.O=C(O)[C@H]1CN(c2nc3ccccc3[nH]2)CCN1S(=O)(=O)c1ccc(OC(F)(F)F)cc1. The Labute approximate surface area is 255 Å². The summed E-state index contributed by atoms with van der Waals surface area (Å²) >= 11 is 0. The number of sulfonamides is 1. The van der Waals surface area contributed by atoms with Crippen LogP contribution in [0.1, 0.15) is 24.5 Å². The number of carboxylic acids is 1. The maximum Gasteiger partial charge on any atom is 0.573 e. The van der Waals surface area contributed by atoms with E-state index in [1.54, 1.807) is 23.1 Å². The van der Waals surface area contributed by atoms with Crippen LogP contribution in [0.15, 0.2) is 77.7 Å². The van der Waals surface area contributed by atoms with Crippen LogP contribution in [0.3, 0.4) is 0 Å². The minimum atomic E-state index is -4.91. The lowest BCUT2D eigenvalue weighted by atomic mass is 10.0. The number of aromatic nitrogens is 2. The number of hydrogen-bond acceptors (Lipinski definition) is 6. The Morgan fingerprint density at radius 3 is 2.22 bits per heavy atom. The number of carboxylic acid groups (broad SMARTS) is 1. The van der Waals surface area contributed by atoms with Crippen LogP contribution in [0, 0.1) is 0 Å². The predicted molar refractivity (Wildman–Crippen MR) is 155 cm³/mol. The van der Waals surface area contributed by atoms with E-state index in [4.69, 9.17) is 5.73 Å². The zero-order chi connectivity index (χ0) is 33.0. The van der Waals surface area contributed by atoms with Gasteiger partial charge in [-0.1, -0.05) is 48.9 Å². The normalized spacial score (nSPS) is 16.2. The molecule has 45 heavy (non-hydrogen) atoms. The maximum absolute atomic E-state index is 13.1. The second kappa shape index (κ2) is 13.4. The fourth-order valence-corrected chi connectivity index (χ4v) is 6.12. The fraction of sp³-hybridized carbons (Fsp3) is 0.310. The van der Waals surface area contributed by atoms with Crippen molar-refractivity contribution < 1.29 is 45.0 Å². The van der Waals surface area contributed by atoms with Crippen molar-refractivity contribution >= 4 is 33.0 Å². The van der Waals surface area contributed by atoms with Crippen molar-refractivity contribution in [3.63, 3.8) is 0 Å². The first-order valence-electron chi connectivity index (χ1n) is 13.6. The number of benzene rings is 3. The van der Waals surface area contributed by atoms with E-state index >= 15 is 0 Å². The number of nitrogens with zero attached hydrogens (tertiary/aromatic N) is 3. The lowest BCUT2D eigenvalue weighted by Gasteiger charge is -2.38. The van der Waals surface area contributed by atoms with Crippen LogP contribution in [-0.4, -0.2) is 65.8 Å². The van der Waals surface area contributed by atoms with Crippen LogP contribution in [0.25, 0.3) is 16.8 Å². The third kappa shape index (κ3) is 8.06. The molecule has 0 amide bonds. The molecule has 2 heterocycles. The molecule has 3 N–H and O–H groups in total. The van der Waals surface area contributed by atoms with Gasteiger partial charge in [-0.3, -0.25) is 4.79 Å². The van der Waals surface area contributed by atoms with Gasteiger partial charge in [0.1, 0.15) is 11.8 Å². The summed E-state index contributed by atoms with van der Waals surface area (Å²) in [5, 5.41) is 9.69. The van der Waals surface area contributed by atoms with Gasteiger partial charge in [0.15, 0.2) is 0 Å². The van der Waals surface area contributed by atoms with Gasteiger partial charge in [-0.25, -0.2) is 22.2 Å². The highest BCUT2D eigenvalue weighted by Gasteiger charge is 2.41. The van der Waals surface area contributed by atoms with E-state index in [1.165, 1.54) is 19.1 Å². The van der Waals surface area contributed by atoms with Gasteiger partial charge in [-0.2, -0.15) is 4.31 Å². The van der Waals surface area contributed by atoms with E-state index in [0.29, 0.717) is 11.5 Å². The van der Waals surface area contributed by atoms with E-state index in [-0.39, 0.29) is 43.1 Å². The summed E-state index contributed by atoms with van der Waals surface area (Å²) in [5.41, 5.74) is 9.26. The highest BCUT2D eigenvalue weighted by atomic mass is 32.2. The number of nitrogens with one attached hydrogen (secondary N) is 2. The minimum Gasteiger partial charge on any atom is -0.674 e. The molecule has 1 aliphatic rings.